The minimum atomic E-state index is -0.958. The lowest BCUT2D eigenvalue weighted by Gasteiger charge is -2.02. The molecule has 98 valence electrons. The zero-order valence-corrected chi connectivity index (χ0v) is 10.0. The van der Waals surface area contributed by atoms with Crippen molar-refractivity contribution in [3.63, 3.8) is 0 Å². The van der Waals surface area contributed by atoms with E-state index in [1.807, 2.05) is 0 Å². The van der Waals surface area contributed by atoms with Gasteiger partial charge in [-0.25, -0.2) is 4.98 Å². The zero-order valence-electron chi connectivity index (χ0n) is 10.0. The fourth-order valence-corrected chi connectivity index (χ4v) is 1.39. The summed E-state index contributed by atoms with van der Waals surface area (Å²) >= 11 is 0. The van der Waals surface area contributed by atoms with Crippen LogP contribution in [0.1, 0.15) is 22.1 Å². The van der Waals surface area contributed by atoms with Crippen molar-refractivity contribution in [2.75, 3.05) is 5.32 Å². The van der Waals surface area contributed by atoms with Gasteiger partial charge in [0.1, 0.15) is 5.82 Å². The van der Waals surface area contributed by atoms with Crippen LogP contribution in [0.3, 0.4) is 0 Å². The summed E-state index contributed by atoms with van der Waals surface area (Å²) in [7, 11) is 0. The van der Waals surface area contributed by atoms with Crippen LogP contribution in [0.5, 0.6) is 0 Å². The van der Waals surface area contributed by atoms with Crippen molar-refractivity contribution in [1.82, 2.24) is 20.2 Å². The Kier molecular flexibility index (Phi) is 3.51. The van der Waals surface area contributed by atoms with Gasteiger partial charge in [0, 0.05) is 0 Å². The fraction of sp³-hybridized carbons (Fsp3) is 0.182. The van der Waals surface area contributed by atoms with Crippen molar-refractivity contribution in [2.24, 2.45) is 0 Å². The normalized spacial score (nSPS) is 10.2. The maximum Gasteiger partial charge on any atom is 0.309 e. The molecule has 2 aromatic heterocycles. The third kappa shape index (κ3) is 3.35. The molecule has 0 unspecified atom stereocenters. The highest BCUT2D eigenvalue weighted by Gasteiger charge is 2.11. The number of carboxylic acids is 1. The Labute approximate surface area is 107 Å². The summed E-state index contributed by atoms with van der Waals surface area (Å²) in [6.07, 6.45) is 1.23. The van der Waals surface area contributed by atoms with Crippen molar-refractivity contribution in [2.45, 2.75) is 13.3 Å². The molecule has 3 N–H and O–H groups in total. The average molecular weight is 261 g/mol. The third-order valence-electron chi connectivity index (χ3n) is 2.22. The number of pyridine rings is 1. The second-order valence-electron chi connectivity index (χ2n) is 3.81. The molecule has 19 heavy (non-hydrogen) atoms. The first kappa shape index (κ1) is 12.7. The summed E-state index contributed by atoms with van der Waals surface area (Å²) < 4.78 is 0. The number of carbonyl (C=O) groups is 2. The number of hydrogen-bond donors (Lipinski definition) is 3. The van der Waals surface area contributed by atoms with E-state index in [0.29, 0.717) is 17.2 Å². The molecular weight excluding hydrogens is 250 g/mol. The van der Waals surface area contributed by atoms with Crippen molar-refractivity contribution in [1.29, 1.82) is 0 Å². The average Bonchev–Trinajstić information content (AvgIpc) is 2.78. The molecule has 0 radical (unpaired) electrons. The summed E-state index contributed by atoms with van der Waals surface area (Å²) in [5, 5.41) is 17.4. The van der Waals surface area contributed by atoms with Gasteiger partial charge in [-0.3, -0.25) is 19.7 Å². The Hall–Kier alpha value is -2.77. The second-order valence-corrected chi connectivity index (χ2v) is 3.81. The summed E-state index contributed by atoms with van der Waals surface area (Å²) in [5.74, 6) is -0.843. The first-order valence-corrected chi connectivity index (χ1v) is 5.41. The van der Waals surface area contributed by atoms with Gasteiger partial charge in [-0.2, -0.15) is 0 Å². The van der Waals surface area contributed by atoms with Crippen molar-refractivity contribution in [3.05, 3.63) is 35.7 Å². The lowest BCUT2D eigenvalue weighted by atomic mass is 10.2. The molecule has 0 atom stereocenters. The van der Waals surface area contributed by atoms with Crippen LogP contribution in [0.15, 0.2) is 18.3 Å². The lowest BCUT2D eigenvalue weighted by Crippen LogP contribution is -2.14. The van der Waals surface area contributed by atoms with Crippen LogP contribution in [0.2, 0.25) is 0 Å². The van der Waals surface area contributed by atoms with Crippen LogP contribution >= 0.6 is 0 Å². The quantitative estimate of drug-likeness (QED) is 0.731. The summed E-state index contributed by atoms with van der Waals surface area (Å²) in [6, 6.07) is 3.11. The molecule has 0 aliphatic rings. The van der Waals surface area contributed by atoms with Gasteiger partial charge in [-0.15, -0.1) is 5.10 Å². The maximum atomic E-state index is 11.7. The number of hydrogen-bond acceptors (Lipinski definition) is 5. The van der Waals surface area contributed by atoms with Gasteiger partial charge in [0.05, 0.1) is 24.0 Å². The molecular formula is C11H11N5O3. The summed E-state index contributed by atoms with van der Waals surface area (Å²) in [6.45, 7) is 1.69. The van der Waals surface area contributed by atoms with E-state index in [4.69, 9.17) is 5.11 Å². The molecule has 8 nitrogen and oxygen atoms in total. The molecule has 1 amide bonds. The maximum absolute atomic E-state index is 11.7. The van der Waals surface area contributed by atoms with Crippen LogP contribution in [0, 0.1) is 6.92 Å². The minimum Gasteiger partial charge on any atom is -0.481 e. The predicted molar refractivity (Wildman–Crippen MR) is 64.6 cm³/mol. The molecule has 2 rings (SSSR count). The van der Waals surface area contributed by atoms with Crippen LogP contribution in [-0.4, -0.2) is 37.1 Å². The van der Waals surface area contributed by atoms with Crippen LogP contribution in [0.25, 0.3) is 0 Å². The number of H-pyrrole nitrogens is 1. The Morgan fingerprint density at radius 3 is 2.74 bits per heavy atom. The van der Waals surface area contributed by atoms with E-state index in [2.05, 4.69) is 25.5 Å². The molecule has 0 aromatic carbocycles. The molecule has 8 heteroatoms. The number of aromatic nitrogens is 4. The fourth-order valence-electron chi connectivity index (χ4n) is 1.39. The SMILES string of the molecule is Cc1nc(C(=O)Nc2ccc(CC(=O)O)nc2)n[nH]1. The largest absolute Gasteiger partial charge is 0.481 e. The molecule has 2 aromatic rings. The highest BCUT2D eigenvalue weighted by Crippen LogP contribution is 2.08. The van der Waals surface area contributed by atoms with Crippen molar-refractivity contribution >= 4 is 17.6 Å². The van der Waals surface area contributed by atoms with E-state index in [-0.39, 0.29) is 12.2 Å². The molecule has 0 saturated heterocycles. The zero-order chi connectivity index (χ0) is 13.8. The molecule has 0 fully saturated rings. The van der Waals surface area contributed by atoms with Crippen LogP contribution in [0.4, 0.5) is 5.69 Å². The van der Waals surface area contributed by atoms with E-state index in [1.54, 1.807) is 13.0 Å². The van der Waals surface area contributed by atoms with Crippen molar-refractivity contribution in [3.8, 4) is 0 Å². The second kappa shape index (κ2) is 5.25. The number of anilines is 1. The molecule has 0 aliphatic heterocycles. The highest BCUT2D eigenvalue weighted by molar-refractivity contribution is 6.01. The van der Waals surface area contributed by atoms with Crippen molar-refractivity contribution < 1.29 is 14.7 Å². The summed E-state index contributed by atoms with van der Waals surface area (Å²) in [4.78, 5) is 30.0. The summed E-state index contributed by atoms with van der Waals surface area (Å²) in [5.41, 5.74) is 0.862. The predicted octanol–water partition coefficient (Wildman–Crippen LogP) is 0.388. The number of amides is 1. The lowest BCUT2D eigenvalue weighted by molar-refractivity contribution is -0.136. The van der Waals surface area contributed by atoms with E-state index < -0.39 is 11.9 Å². The van der Waals surface area contributed by atoms with E-state index in [0.717, 1.165) is 0 Å². The first-order chi connectivity index (χ1) is 9.04. The Bertz CT molecular complexity index is 605. The van der Waals surface area contributed by atoms with Gasteiger partial charge in [-0.05, 0) is 19.1 Å². The highest BCUT2D eigenvalue weighted by atomic mass is 16.4. The van der Waals surface area contributed by atoms with Gasteiger partial charge >= 0.3 is 5.97 Å². The smallest absolute Gasteiger partial charge is 0.309 e. The van der Waals surface area contributed by atoms with E-state index in [9.17, 15) is 9.59 Å². The number of carboxylic acid groups (broad SMARTS) is 1. The Morgan fingerprint density at radius 2 is 2.21 bits per heavy atom. The van der Waals surface area contributed by atoms with Gasteiger partial charge < -0.3 is 10.4 Å². The number of nitrogens with zero attached hydrogens (tertiary/aromatic N) is 3. The van der Waals surface area contributed by atoms with Gasteiger partial charge in [0.2, 0.25) is 5.82 Å². The number of carbonyl (C=O) groups excluding carboxylic acids is 1. The van der Waals surface area contributed by atoms with Crippen LogP contribution in [-0.2, 0) is 11.2 Å². The molecule has 0 spiro atoms. The van der Waals surface area contributed by atoms with Crippen LogP contribution < -0.4 is 5.32 Å². The first-order valence-electron chi connectivity index (χ1n) is 5.41. The standard InChI is InChI=1S/C11H11N5O3/c1-6-13-10(16-15-6)11(19)14-8-3-2-7(12-5-8)4-9(17)18/h2-3,5H,4H2,1H3,(H,14,19)(H,17,18)(H,13,15,16). The van der Waals surface area contributed by atoms with Gasteiger partial charge in [0.15, 0.2) is 0 Å². The van der Waals surface area contributed by atoms with E-state index >= 15 is 0 Å². The number of aliphatic carboxylic acids is 1. The molecule has 0 aliphatic carbocycles. The van der Waals surface area contributed by atoms with Gasteiger partial charge in [0.25, 0.3) is 5.91 Å². The molecule has 0 bridgehead atoms. The molecule has 2 heterocycles. The minimum absolute atomic E-state index is 0.0344. The van der Waals surface area contributed by atoms with Gasteiger partial charge in [-0.1, -0.05) is 0 Å². The topological polar surface area (TPSA) is 121 Å². The van der Waals surface area contributed by atoms with E-state index in [1.165, 1.54) is 12.3 Å². The Balaban J connectivity index is 2.03. The number of aryl methyl sites for hydroxylation is 1. The Morgan fingerprint density at radius 1 is 1.42 bits per heavy atom. The number of nitrogens with one attached hydrogen (secondary N) is 2. The third-order valence-corrected chi connectivity index (χ3v) is 2.22. The number of rotatable bonds is 4. The number of aromatic amines is 1. The monoisotopic (exact) mass is 261 g/mol. The molecule has 0 saturated carbocycles.